The smallest absolute Gasteiger partial charge is 0.552 e. The number of benzene rings is 8. The minimum atomic E-state index is -1.65. The number of nitriles is 2. The molecule has 0 saturated carbocycles. The van der Waals surface area contributed by atoms with Crippen LogP contribution in [0.5, 0.6) is 0 Å². The molecular formula is C57H41F6N4NaO. The van der Waals surface area contributed by atoms with E-state index in [0.29, 0.717) is 0 Å². The van der Waals surface area contributed by atoms with Crippen LogP contribution < -0.4 is 29.6 Å². The molecule has 0 unspecified atom stereocenters. The summed E-state index contributed by atoms with van der Waals surface area (Å²) in [5, 5.41) is 22.4. The second-order valence-electron chi connectivity index (χ2n) is 16.2. The number of hydrogen-bond donors (Lipinski definition) is 0. The summed E-state index contributed by atoms with van der Waals surface area (Å²) in [5.74, 6) is -7.86. The topological polar surface area (TPSA) is 66.7 Å². The Labute approximate surface area is 417 Å². The van der Waals surface area contributed by atoms with E-state index in [0.717, 1.165) is 76.1 Å². The quantitative estimate of drug-likeness (QED) is 0.0751. The van der Waals surface area contributed by atoms with E-state index in [4.69, 9.17) is 10.00 Å². The van der Waals surface area contributed by atoms with Gasteiger partial charge >= 0.3 is 29.6 Å². The molecule has 0 atom stereocenters. The fourth-order valence-electron chi connectivity index (χ4n) is 8.97. The van der Waals surface area contributed by atoms with E-state index in [-0.39, 0.29) is 53.5 Å². The third kappa shape index (κ3) is 8.69. The van der Waals surface area contributed by atoms with Crippen LogP contribution in [0, 0.1) is 78.0 Å². The number of hydrogen-bond acceptors (Lipinski definition) is 3. The Morgan fingerprint density at radius 3 is 1.16 bits per heavy atom. The van der Waals surface area contributed by atoms with E-state index < -0.39 is 46.0 Å². The fraction of sp³-hybridized carbons (Fsp3) is 0.105. The van der Waals surface area contributed by atoms with Gasteiger partial charge in [0.15, 0.2) is 34.9 Å². The summed E-state index contributed by atoms with van der Waals surface area (Å²) in [5.41, 5.74) is 6.66. The van der Waals surface area contributed by atoms with Crippen molar-refractivity contribution in [3.05, 3.63) is 220 Å². The number of ether oxygens (including phenoxy) is 1. The second kappa shape index (κ2) is 20.6. The van der Waals surface area contributed by atoms with E-state index in [1.165, 1.54) is 35.6 Å². The molecule has 1 aliphatic heterocycles. The van der Waals surface area contributed by atoms with Gasteiger partial charge in [-0.05, 0) is 66.8 Å². The standard InChI is InChI=1S/C32H19F2N3.C13H10.C8H3F4N.C4H7O.Na.H2/c1-19-29(33)31(36-25-14-6-2-10-20(25)21-11-3-7-15-26(21)36)24(18-35)32(30(19)34)37-27-16-8-4-12-22(27)23-13-5-9-17-28(23)37;1-3-7-12-10(5-1)9-11-6-2-4-8-13(11)12;1-3-5(9)7(11)4(2-13)8(12)6(3)10;1-2-4-5-3-1;;/h2-17H,1H3;1-8H,9H2;1H3;3H,1-2,4H2;;1H/q;;;-1;+1;/i;;;;;1+1. The van der Waals surface area contributed by atoms with Crippen LogP contribution in [0.15, 0.2) is 146 Å². The molecule has 0 spiro atoms. The van der Waals surface area contributed by atoms with Crippen molar-refractivity contribution in [2.75, 3.05) is 6.61 Å². The van der Waals surface area contributed by atoms with E-state index in [2.05, 4.69) is 54.6 Å². The monoisotopic (exact) mass is 935 g/mol. The Balaban J connectivity index is 0.000000178. The molecule has 0 amide bonds. The Hall–Kier alpha value is -7.12. The summed E-state index contributed by atoms with van der Waals surface area (Å²) < 4.78 is 91.4. The molecule has 1 fully saturated rings. The molecule has 69 heavy (non-hydrogen) atoms. The number of rotatable bonds is 2. The van der Waals surface area contributed by atoms with Crippen molar-refractivity contribution >= 4 is 43.6 Å². The predicted octanol–water partition coefficient (Wildman–Crippen LogP) is 12.2. The van der Waals surface area contributed by atoms with Gasteiger partial charge in [0, 0.05) is 40.7 Å². The average molecular weight is 936 g/mol. The van der Waals surface area contributed by atoms with Crippen LogP contribution in [0.25, 0.3) is 66.1 Å². The predicted molar refractivity (Wildman–Crippen MR) is 256 cm³/mol. The van der Waals surface area contributed by atoms with E-state index in [1.54, 1.807) is 9.13 Å². The summed E-state index contributed by atoms with van der Waals surface area (Å²) in [4.78, 5) is 0. The zero-order valence-electron chi connectivity index (χ0n) is 37.7. The third-order valence-corrected chi connectivity index (χ3v) is 12.3. The first-order valence-electron chi connectivity index (χ1n) is 21.8. The van der Waals surface area contributed by atoms with Crippen LogP contribution in [-0.2, 0) is 11.2 Å². The van der Waals surface area contributed by atoms with Crippen LogP contribution in [0.4, 0.5) is 26.3 Å². The van der Waals surface area contributed by atoms with Crippen molar-refractivity contribution in [2.45, 2.75) is 33.1 Å². The van der Waals surface area contributed by atoms with Crippen LogP contribution in [0.3, 0.4) is 0 Å². The SMILES string of the molecule is Cc1c(F)c(-n2c3ccccc3c3ccccc32)c(C#N)c(-n2c3ccccc3c3ccccc32)c1F.Cc1c(F)c(F)c(C#N)c(F)c1F.[2HH].[CH-]1CCCO1.[Na+].c1ccc2c(c1)Cc1ccccc1-2. The molecule has 1 aliphatic carbocycles. The van der Waals surface area contributed by atoms with Gasteiger partial charge in [-0.15, -0.1) is 0 Å². The Kier molecular flexibility index (Phi) is 14.4. The van der Waals surface area contributed by atoms with Gasteiger partial charge in [-0.2, -0.15) is 16.9 Å². The van der Waals surface area contributed by atoms with Crippen molar-refractivity contribution < 1.29 is 62.1 Å². The number of nitrogens with zero attached hydrogens (tertiary/aromatic N) is 4. The maximum absolute atomic E-state index is 16.2. The van der Waals surface area contributed by atoms with E-state index in [1.807, 2.05) is 104 Å². The van der Waals surface area contributed by atoms with Crippen molar-refractivity contribution in [3.63, 3.8) is 0 Å². The van der Waals surface area contributed by atoms with Crippen molar-refractivity contribution in [2.24, 2.45) is 0 Å². The zero-order valence-corrected chi connectivity index (χ0v) is 39.7. The molecule has 0 bridgehead atoms. The largest absolute Gasteiger partial charge is 1.00 e. The maximum Gasteiger partial charge on any atom is 1.00 e. The molecule has 2 aliphatic rings. The van der Waals surface area contributed by atoms with Crippen LogP contribution in [0.1, 0.15) is 47.6 Å². The Morgan fingerprint density at radius 1 is 0.478 bits per heavy atom. The molecular weight excluding hydrogens is 894 g/mol. The third-order valence-electron chi connectivity index (χ3n) is 12.3. The molecule has 12 rings (SSSR count). The molecule has 2 aromatic heterocycles. The van der Waals surface area contributed by atoms with E-state index >= 15 is 8.78 Å². The first-order valence-corrected chi connectivity index (χ1v) is 21.8. The first kappa shape index (κ1) is 48.3. The Morgan fingerprint density at radius 2 is 0.826 bits per heavy atom. The molecule has 10 aromatic rings. The number of aromatic nitrogens is 2. The van der Waals surface area contributed by atoms with Gasteiger partial charge in [0.25, 0.3) is 0 Å². The number of halogens is 6. The fourth-order valence-corrected chi connectivity index (χ4v) is 8.97. The van der Waals surface area contributed by atoms with Gasteiger partial charge < -0.3 is 13.9 Å². The second-order valence-corrected chi connectivity index (χ2v) is 16.2. The van der Waals surface area contributed by atoms with Crippen molar-refractivity contribution in [1.29, 1.82) is 10.5 Å². The molecule has 0 N–H and O–H groups in total. The minimum absolute atomic E-state index is 0. The summed E-state index contributed by atoms with van der Waals surface area (Å²) >= 11 is 0. The van der Waals surface area contributed by atoms with Gasteiger partial charge in [0.2, 0.25) is 0 Å². The molecule has 338 valence electrons. The normalized spacial score (nSPS) is 12.1. The van der Waals surface area contributed by atoms with Gasteiger partial charge in [0.1, 0.15) is 34.6 Å². The molecule has 1 saturated heterocycles. The van der Waals surface area contributed by atoms with Crippen LogP contribution in [0.2, 0.25) is 0 Å². The maximum atomic E-state index is 16.2. The Bertz CT molecular complexity index is 3350. The summed E-state index contributed by atoms with van der Waals surface area (Å²) in [6.45, 7) is 5.12. The molecule has 3 heterocycles. The zero-order chi connectivity index (χ0) is 47.6. The average Bonchev–Trinajstić information content (AvgIpc) is 4.21. The molecule has 8 aromatic carbocycles. The first-order chi connectivity index (χ1) is 33.1. The van der Waals surface area contributed by atoms with Crippen molar-refractivity contribution in [3.8, 4) is 34.6 Å². The van der Waals surface area contributed by atoms with Crippen LogP contribution >= 0.6 is 0 Å². The summed E-state index contributed by atoms with van der Waals surface area (Å²) in [6, 6.07) is 51.3. The minimum Gasteiger partial charge on any atom is -0.552 e. The van der Waals surface area contributed by atoms with Gasteiger partial charge in [0.05, 0.1) is 22.1 Å². The summed E-state index contributed by atoms with van der Waals surface area (Å²) in [6.07, 6.45) is 3.48. The van der Waals surface area contributed by atoms with Gasteiger partial charge in [-0.3, -0.25) is 0 Å². The van der Waals surface area contributed by atoms with E-state index in [9.17, 15) is 22.8 Å². The number of para-hydroxylation sites is 4. The molecule has 12 heteroatoms. The van der Waals surface area contributed by atoms with Crippen molar-refractivity contribution in [1.82, 2.24) is 9.13 Å². The van der Waals surface area contributed by atoms with Gasteiger partial charge in [-0.25, -0.2) is 32.9 Å². The molecule has 0 radical (unpaired) electrons. The van der Waals surface area contributed by atoms with Crippen LogP contribution in [-0.4, -0.2) is 15.7 Å². The van der Waals surface area contributed by atoms with Gasteiger partial charge in [-0.1, -0.05) is 128 Å². The molecule has 5 nitrogen and oxygen atoms in total. The summed E-state index contributed by atoms with van der Waals surface area (Å²) in [7, 11) is 0. The number of fused-ring (bicyclic) bond motifs is 9.